The van der Waals surface area contributed by atoms with Gasteiger partial charge in [-0.15, -0.1) is 0 Å². The van der Waals surface area contributed by atoms with Gasteiger partial charge in [0.15, 0.2) is 6.10 Å². The van der Waals surface area contributed by atoms with E-state index in [4.69, 9.17) is 23.7 Å². The molecule has 3 aromatic rings. The smallest absolute Gasteiger partial charge is 0.308 e. The summed E-state index contributed by atoms with van der Waals surface area (Å²) in [6, 6.07) is 30.1. The molecule has 0 N–H and O–H groups in total. The van der Waals surface area contributed by atoms with Gasteiger partial charge < -0.3 is 23.7 Å². The number of benzene rings is 3. The first-order valence-electron chi connectivity index (χ1n) is 13.0. The van der Waals surface area contributed by atoms with Gasteiger partial charge in [0.25, 0.3) is 0 Å². The molecule has 0 radical (unpaired) electrons. The van der Waals surface area contributed by atoms with Crippen molar-refractivity contribution in [2.75, 3.05) is 13.7 Å². The van der Waals surface area contributed by atoms with E-state index in [9.17, 15) is 4.79 Å². The average Bonchev–Trinajstić information content (AvgIpc) is 2.96. The van der Waals surface area contributed by atoms with Crippen LogP contribution in [0.15, 0.2) is 103 Å². The van der Waals surface area contributed by atoms with Gasteiger partial charge in [0.05, 0.1) is 45.2 Å². The maximum Gasteiger partial charge on any atom is 0.308 e. The van der Waals surface area contributed by atoms with Gasteiger partial charge in [-0.1, -0.05) is 97.9 Å². The van der Waals surface area contributed by atoms with Gasteiger partial charge in [-0.05, 0) is 22.8 Å². The quantitative estimate of drug-likeness (QED) is 0.265. The van der Waals surface area contributed by atoms with Gasteiger partial charge >= 0.3 is 5.97 Å². The van der Waals surface area contributed by atoms with Crippen LogP contribution in [0.3, 0.4) is 0 Å². The third-order valence-electron chi connectivity index (χ3n) is 6.42. The lowest BCUT2D eigenvalue weighted by Crippen LogP contribution is -2.47. The molecule has 0 aliphatic carbocycles. The highest BCUT2D eigenvalue weighted by atomic mass is 16.6. The molecule has 0 aromatic heterocycles. The number of hydrogen-bond donors (Lipinski definition) is 0. The molecule has 1 unspecified atom stereocenters. The largest absolute Gasteiger partial charge is 0.490 e. The molecule has 6 nitrogen and oxygen atoms in total. The summed E-state index contributed by atoms with van der Waals surface area (Å²) in [5.74, 6) is 0.0399. The molecular weight excluding hydrogens is 480 g/mol. The van der Waals surface area contributed by atoms with E-state index in [0.29, 0.717) is 38.6 Å². The molecule has 200 valence electrons. The normalized spacial score (nSPS) is 19.7. The van der Waals surface area contributed by atoms with E-state index in [0.717, 1.165) is 16.7 Å². The first-order chi connectivity index (χ1) is 18.6. The fourth-order valence-electron chi connectivity index (χ4n) is 4.37. The second-order valence-electron chi connectivity index (χ2n) is 9.44. The molecule has 38 heavy (non-hydrogen) atoms. The van der Waals surface area contributed by atoms with E-state index in [1.807, 2.05) is 104 Å². The van der Waals surface area contributed by atoms with E-state index in [-0.39, 0.29) is 11.9 Å². The van der Waals surface area contributed by atoms with Gasteiger partial charge in [-0.25, -0.2) is 0 Å². The monoisotopic (exact) mass is 516 g/mol. The average molecular weight is 517 g/mol. The minimum Gasteiger partial charge on any atom is -0.490 e. The maximum atomic E-state index is 12.1. The Morgan fingerprint density at radius 1 is 0.789 bits per heavy atom. The predicted octanol–water partition coefficient (Wildman–Crippen LogP) is 5.86. The molecular formula is C32H36O6. The lowest BCUT2D eigenvalue weighted by molar-refractivity contribution is -0.157. The summed E-state index contributed by atoms with van der Waals surface area (Å²) in [6.45, 7) is 3.43. The van der Waals surface area contributed by atoms with E-state index >= 15 is 0 Å². The second kappa shape index (κ2) is 14.5. The first-order valence-corrected chi connectivity index (χ1v) is 13.0. The van der Waals surface area contributed by atoms with Crippen molar-refractivity contribution in [2.45, 2.75) is 51.5 Å². The lowest BCUT2D eigenvalue weighted by atomic mass is 9.99. The van der Waals surface area contributed by atoms with Crippen LogP contribution in [0, 0.1) is 5.92 Å². The van der Waals surface area contributed by atoms with E-state index in [2.05, 4.69) is 0 Å². The molecule has 1 aliphatic heterocycles. The van der Waals surface area contributed by atoms with Crippen LogP contribution in [0.5, 0.6) is 0 Å². The number of esters is 1. The summed E-state index contributed by atoms with van der Waals surface area (Å²) in [7, 11) is 1.40. The van der Waals surface area contributed by atoms with Gasteiger partial charge in [0, 0.05) is 6.42 Å². The van der Waals surface area contributed by atoms with Crippen LogP contribution in [-0.2, 0) is 48.3 Å². The molecule has 6 heteroatoms. The van der Waals surface area contributed by atoms with Crippen LogP contribution in [-0.4, -0.2) is 38.0 Å². The molecule has 4 atom stereocenters. The van der Waals surface area contributed by atoms with Crippen LogP contribution >= 0.6 is 0 Å². The minimum atomic E-state index is -0.423. The molecule has 0 saturated heterocycles. The predicted molar refractivity (Wildman–Crippen MR) is 145 cm³/mol. The lowest BCUT2D eigenvalue weighted by Gasteiger charge is -2.37. The zero-order valence-electron chi connectivity index (χ0n) is 22.0. The number of ether oxygens (including phenoxy) is 5. The third kappa shape index (κ3) is 8.28. The molecule has 0 spiro atoms. The van der Waals surface area contributed by atoms with Crippen molar-refractivity contribution >= 4 is 5.97 Å². The SMILES string of the molecule is COC(=O)C(C)CC1=C[C@@H](OCc2ccccc2)[C@H](OCc2ccccc2)[C@@H](COCc2ccccc2)O1. The highest BCUT2D eigenvalue weighted by molar-refractivity contribution is 5.72. The zero-order valence-corrected chi connectivity index (χ0v) is 22.0. The number of rotatable bonds is 13. The van der Waals surface area contributed by atoms with Crippen LogP contribution in [0.25, 0.3) is 0 Å². The van der Waals surface area contributed by atoms with E-state index in [1.165, 1.54) is 7.11 Å². The summed E-state index contributed by atoms with van der Waals surface area (Å²) in [4.78, 5) is 12.1. The van der Waals surface area contributed by atoms with Gasteiger partial charge in [0.1, 0.15) is 12.2 Å². The van der Waals surface area contributed by atoms with Crippen molar-refractivity contribution < 1.29 is 28.5 Å². The second-order valence-corrected chi connectivity index (χ2v) is 9.44. The zero-order chi connectivity index (χ0) is 26.6. The number of hydrogen-bond acceptors (Lipinski definition) is 6. The van der Waals surface area contributed by atoms with Crippen LogP contribution < -0.4 is 0 Å². The van der Waals surface area contributed by atoms with Crippen LogP contribution in [0.1, 0.15) is 30.0 Å². The third-order valence-corrected chi connectivity index (χ3v) is 6.42. The molecule has 4 rings (SSSR count). The summed E-state index contributed by atoms with van der Waals surface area (Å²) >= 11 is 0. The van der Waals surface area contributed by atoms with Crippen molar-refractivity contribution in [1.82, 2.24) is 0 Å². The van der Waals surface area contributed by atoms with Crippen LogP contribution in [0.4, 0.5) is 0 Å². The number of allylic oxidation sites excluding steroid dienone is 1. The Balaban J connectivity index is 1.53. The first kappa shape index (κ1) is 27.6. The van der Waals surface area contributed by atoms with Gasteiger partial charge in [0.2, 0.25) is 0 Å². The van der Waals surface area contributed by atoms with Crippen molar-refractivity contribution in [3.8, 4) is 0 Å². The standard InChI is InChI=1S/C32H36O6/c1-24(32(33)34-2)18-28-19-29(36-21-26-14-8-4-9-15-26)31(37-22-27-16-10-5-11-17-27)30(38-28)23-35-20-25-12-6-3-7-13-25/h3-17,19,24,29-31H,18,20-23H2,1-2H3/t24?,29-,30-,31+/m1/s1. The Morgan fingerprint density at radius 3 is 1.87 bits per heavy atom. The Bertz CT molecular complexity index is 1130. The summed E-state index contributed by atoms with van der Waals surface area (Å²) in [6.07, 6.45) is 1.11. The highest BCUT2D eigenvalue weighted by Crippen LogP contribution is 2.29. The van der Waals surface area contributed by atoms with Crippen molar-refractivity contribution in [2.24, 2.45) is 5.92 Å². The van der Waals surface area contributed by atoms with Crippen LogP contribution in [0.2, 0.25) is 0 Å². The Morgan fingerprint density at radius 2 is 1.32 bits per heavy atom. The van der Waals surface area contributed by atoms with E-state index < -0.39 is 18.3 Å². The molecule has 3 aromatic carbocycles. The van der Waals surface area contributed by atoms with Crippen molar-refractivity contribution in [1.29, 1.82) is 0 Å². The number of carbonyl (C=O) groups excluding carboxylic acids is 1. The molecule has 1 heterocycles. The summed E-state index contributed by atoms with van der Waals surface area (Å²) < 4.78 is 30.3. The van der Waals surface area contributed by atoms with E-state index in [1.54, 1.807) is 0 Å². The molecule has 0 fully saturated rings. The topological polar surface area (TPSA) is 63.2 Å². The molecule has 1 aliphatic rings. The Kier molecular flexibility index (Phi) is 10.5. The minimum absolute atomic E-state index is 0.282. The highest BCUT2D eigenvalue weighted by Gasteiger charge is 2.37. The Labute approximate surface area is 225 Å². The summed E-state index contributed by atoms with van der Waals surface area (Å²) in [5, 5.41) is 0. The molecule has 0 saturated carbocycles. The van der Waals surface area contributed by atoms with Gasteiger partial charge in [-0.3, -0.25) is 4.79 Å². The Hall–Kier alpha value is -3.45. The summed E-state index contributed by atoms with van der Waals surface area (Å²) in [5.41, 5.74) is 3.21. The fraction of sp³-hybridized carbons (Fsp3) is 0.344. The number of methoxy groups -OCH3 is 1. The van der Waals surface area contributed by atoms with Crippen molar-refractivity contribution in [3.63, 3.8) is 0 Å². The molecule has 0 bridgehead atoms. The van der Waals surface area contributed by atoms with Crippen molar-refractivity contribution in [3.05, 3.63) is 120 Å². The van der Waals surface area contributed by atoms with Gasteiger partial charge in [-0.2, -0.15) is 0 Å². The maximum absolute atomic E-state index is 12.1. The fourth-order valence-corrected chi connectivity index (χ4v) is 4.37. The number of carbonyl (C=O) groups is 1. The molecule has 0 amide bonds.